The van der Waals surface area contributed by atoms with Gasteiger partial charge in [-0.1, -0.05) is 25.2 Å². The van der Waals surface area contributed by atoms with Crippen molar-refractivity contribution in [1.82, 2.24) is 15.2 Å². The predicted octanol–water partition coefficient (Wildman–Crippen LogP) is 2.25. The van der Waals surface area contributed by atoms with E-state index in [0.29, 0.717) is 17.1 Å². The van der Waals surface area contributed by atoms with Crippen molar-refractivity contribution in [1.29, 1.82) is 0 Å². The van der Waals surface area contributed by atoms with Crippen molar-refractivity contribution in [3.8, 4) is 0 Å². The van der Waals surface area contributed by atoms with E-state index in [9.17, 15) is 9.59 Å². The molecule has 0 spiro atoms. The molecule has 2 rings (SSSR count). The summed E-state index contributed by atoms with van der Waals surface area (Å²) in [6.07, 6.45) is 0.686. The Kier molecular flexibility index (Phi) is 6.46. The maximum Gasteiger partial charge on any atom is 0.335 e. The highest BCUT2D eigenvalue weighted by molar-refractivity contribution is 7.22. The number of rotatable bonds is 8. The van der Waals surface area contributed by atoms with Crippen LogP contribution < -0.4 is 10.6 Å². The summed E-state index contributed by atoms with van der Waals surface area (Å²) in [5, 5.41) is 15.6. The van der Waals surface area contributed by atoms with Crippen molar-refractivity contribution >= 4 is 38.6 Å². The van der Waals surface area contributed by atoms with Crippen molar-refractivity contribution in [2.75, 3.05) is 26.0 Å². The topological polar surface area (TPSA) is 94.6 Å². The van der Waals surface area contributed by atoms with Gasteiger partial charge >= 0.3 is 5.97 Å². The van der Waals surface area contributed by atoms with Gasteiger partial charge in [0.15, 0.2) is 5.13 Å². The maximum atomic E-state index is 12.6. The van der Waals surface area contributed by atoms with Gasteiger partial charge in [0.1, 0.15) is 0 Å². The zero-order valence-corrected chi connectivity index (χ0v) is 15.7. The lowest BCUT2D eigenvalue weighted by atomic mass is 10.1. The average molecular weight is 364 g/mol. The molecule has 0 saturated carbocycles. The molecule has 8 heteroatoms. The first-order valence-electron chi connectivity index (χ1n) is 8.11. The van der Waals surface area contributed by atoms with Gasteiger partial charge in [0.05, 0.1) is 21.8 Å². The van der Waals surface area contributed by atoms with E-state index in [0.717, 1.165) is 11.2 Å². The summed E-state index contributed by atoms with van der Waals surface area (Å²) in [6, 6.07) is 4.63. The number of fused-ring (bicyclic) bond motifs is 1. The number of carboxylic acids is 1. The minimum atomic E-state index is -0.995. The van der Waals surface area contributed by atoms with Gasteiger partial charge in [-0.25, -0.2) is 9.78 Å². The quantitative estimate of drug-likeness (QED) is 0.665. The van der Waals surface area contributed by atoms with Crippen LogP contribution in [0.15, 0.2) is 18.2 Å². The Labute approximate surface area is 151 Å². The summed E-state index contributed by atoms with van der Waals surface area (Å²) in [5.74, 6) is -1.13. The Morgan fingerprint density at radius 3 is 2.64 bits per heavy atom. The van der Waals surface area contributed by atoms with E-state index in [2.05, 4.69) is 15.6 Å². The second-order valence-electron chi connectivity index (χ2n) is 6.46. The van der Waals surface area contributed by atoms with Crippen LogP contribution in [0.5, 0.6) is 0 Å². The van der Waals surface area contributed by atoms with E-state index in [1.807, 2.05) is 32.8 Å². The summed E-state index contributed by atoms with van der Waals surface area (Å²) in [5.41, 5.74) is 0.753. The number of carbonyl (C=O) groups is 2. The molecule has 0 saturated heterocycles. The largest absolute Gasteiger partial charge is 0.478 e. The molecule has 1 aromatic carbocycles. The van der Waals surface area contributed by atoms with Gasteiger partial charge in [-0.2, -0.15) is 0 Å². The molecule has 1 amide bonds. The van der Waals surface area contributed by atoms with E-state index in [4.69, 9.17) is 5.11 Å². The van der Waals surface area contributed by atoms with E-state index in [-0.39, 0.29) is 23.6 Å². The van der Waals surface area contributed by atoms with Crippen LogP contribution in [0, 0.1) is 0 Å². The minimum Gasteiger partial charge on any atom is -0.478 e. The van der Waals surface area contributed by atoms with Gasteiger partial charge in [-0.05, 0) is 45.3 Å². The number of carboxylic acid groups (broad SMARTS) is 1. The molecule has 1 unspecified atom stereocenters. The fourth-order valence-electron chi connectivity index (χ4n) is 2.39. The molecule has 0 bridgehead atoms. The molecular formula is C17H24N4O3S. The molecule has 2 aromatic rings. The first-order valence-corrected chi connectivity index (χ1v) is 8.93. The number of amides is 1. The third kappa shape index (κ3) is 5.48. The number of carbonyl (C=O) groups excluding carboxylic acids is 1. The van der Waals surface area contributed by atoms with E-state index >= 15 is 0 Å². The normalized spacial score (nSPS) is 12.7. The lowest BCUT2D eigenvalue weighted by molar-refractivity contribution is -0.118. The van der Waals surface area contributed by atoms with Crippen LogP contribution in [-0.2, 0) is 4.79 Å². The van der Waals surface area contributed by atoms with Crippen molar-refractivity contribution in [2.45, 2.75) is 32.4 Å². The molecule has 0 aliphatic heterocycles. The zero-order valence-electron chi connectivity index (χ0n) is 14.9. The predicted molar refractivity (Wildman–Crippen MR) is 100 cm³/mol. The number of hydrogen-bond acceptors (Lipinski definition) is 6. The lowest BCUT2D eigenvalue weighted by Gasteiger charge is -2.21. The van der Waals surface area contributed by atoms with E-state index < -0.39 is 5.97 Å². The fourth-order valence-corrected chi connectivity index (χ4v) is 3.24. The first kappa shape index (κ1) is 19.3. The maximum absolute atomic E-state index is 12.6. The van der Waals surface area contributed by atoms with Gasteiger partial charge in [0, 0.05) is 6.04 Å². The fraction of sp³-hybridized carbons (Fsp3) is 0.471. The monoisotopic (exact) mass is 364 g/mol. The number of nitrogens with zero attached hydrogens (tertiary/aromatic N) is 2. The van der Waals surface area contributed by atoms with Crippen LogP contribution >= 0.6 is 11.3 Å². The highest BCUT2D eigenvalue weighted by atomic mass is 32.1. The van der Waals surface area contributed by atoms with Crippen molar-refractivity contribution in [3.63, 3.8) is 0 Å². The number of thiazole rings is 1. The summed E-state index contributed by atoms with van der Waals surface area (Å²) in [4.78, 5) is 30.0. The molecule has 0 aliphatic carbocycles. The number of benzene rings is 1. The summed E-state index contributed by atoms with van der Waals surface area (Å²) < 4.78 is 0.835. The Hall–Kier alpha value is -2.03. The van der Waals surface area contributed by atoms with Gasteiger partial charge in [0.2, 0.25) is 5.91 Å². The van der Waals surface area contributed by atoms with Gasteiger partial charge in [-0.3, -0.25) is 4.79 Å². The van der Waals surface area contributed by atoms with Crippen LogP contribution in [0.3, 0.4) is 0 Å². The summed E-state index contributed by atoms with van der Waals surface area (Å²) >= 11 is 1.33. The first-order chi connectivity index (χ1) is 11.8. The van der Waals surface area contributed by atoms with Gasteiger partial charge in [0.25, 0.3) is 0 Å². The summed E-state index contributed by atoms with van der Waals surface area (Å²) in [6.45, 7) is 4.79. The molecule has 25 heavy (non-hydrogen) atoms. The third-order valence-corrected chi connectivity index (χ3v) is 4.53. The molecule has 136 valence electrons. The SMILES string of the molecule is CC(C)NC(CCN(C)C)C(=O)Nc1nc2cc(C(=O)O)ccc2s1. The van der Waals surface area contributed by atoms with E-state index in [1.165, 1.54) is 23.5 Å². The van der Waals surface area contributed by atoms with Crippen molar-refractivity contribution in [2.24, 2.45) is 0 Å². The van der Waals surface area contributed by atoms with Crippen LogP contribution in [0.2, 0.25) is 0 Å². The van der Waals surface area contributed by atoms with Crippen molar-refractivity contribution < 1.29 is 14.7 Å². The summed E-state index contributed by atoms with van der Waals surface area (Å²) in [7, 11) is 3.94. The van der Waals surface area contributed by atoms with Crippen LogP contribution in [0.25, 0.3) is 10.2 Å². The molecule has 1 heterocycles. The smallest absolute Gasteiger partial charge is 0.335 e. The van der Waals surface area contributed by atoms with Crippen LogP contribution in [-0.4, -0.2) is 59.6 Å². The molecule has 0 aliphatic rings. The Balaban J connectivity index is 2.13. The molecule has 0 fully saturated rings. The molecule has 3 N–H and O–H groups in total. The Morgan fingerprint density at radius 2 is 2.04 bits per heavy atom. The average Bonchev–Trinajstić information content (AvgIpc) is 2.91. The molecule has 1 aromatic heterocycles. The highest BCUT2D eigenvalue weighted by Crippen LogP contribution is 2.27. The second-order valence-corrected chi connectivity index (χ2v) is 7.49. The van der Waals surface area contributed by atoms with E-state index in [1.54, 1.807) is 6.07 Å². The minimum absolute atomic E-state index is 0.131. The number of aromatic nitrogens is 1. The number of anilines is 1. The van der Waals surface area contributed by atoms with Crippen LogP contribution in [0.1, 0.15) is 30.6 Å². The second kappa shape index (κ2) is 8.37. The Bertz CT molecular complexity index is 757. The number of aromatic carboxylic acids is 1. The highest BCUT2D eigenvalue weighted by Gasteiger charge is 2.20. The molecule has 7 nitrogen and oxygen atoms in total. The molecule has 1 atom stereocenters. The number of nitrogens with one attached hydrogen (secondary N) is 2. The molecule has 0 radical (unpaired) electrons. The zero-order chi connectivity index (χ0) is 18.6. The van der Waals surface area contributed by atoms with Crippen LogP contribution in [0.4, 0.5) is 5.13 Å². The molecular weight excluding hydrogens is 340 g/mol. The third-order valence-electron chi connectivity index (χ3n) is 3.58. The standard InChI is InChI=1S/C17H24N4O3S/c1-10(2)18-12(7-8-21(3)4)15(22)20-17-19-13-9-11(16(23)24)5-6-14(13)25-17/h5-6,9-10,12,18H,7-8H2,1-4H3,(H,23,24)(H,19,20,22). The lowest BCUT2D eigenvalue weighted by Crippen LogP contribution is -2.45. The van der Waals surface area contributed by atoms with Gasteiger partial charge in [-0.15, -0.1) is 0 Å². The Morgan fingerprint density at radius 1 is 1.32 bits per heavy atom. The van der Waals surface area contributed by atoms with Gasteiger partial charge < -0.3 is 20.6 Å². The number of hydrogen-bond donors (Lipinski definition) is 3. The van der Waals surface area contributed by atoms with Crippen molar-refractivity contribution in [3.05, 3.63) is 23.8 Å².